The molecule has 3 saturated heterocycles. The predicted molar refractivity (Wildman–Crippen MR) is 394 cm³/mol. The standard InChI is InChI=1S/C28H40O5.C20H32O5.C20H30O5.C10H17O4P.2H2S/c1-4-5-10-20(2)25(29)15-14-23-24-18-21(11-6-7-12-27(30)31-3)17-22(24)19-26(23)33-28-13-8-9-16-32-28;2*1-23-19(22)7-3-2-6-14-10-15-12-18(17(13-21)16(15)11-14)25-20-8-4-5-9-24-20;1-5-6-7-9(2)10(11)8-15(12,13-3)14-4;;/h11,14-15,20,22-24,26,28H,6-10,12-13,16-19H2,1-3H3;6,15-18,20-21H,2-5,7-13H2,1H3;6,13,15-18,20H,2-5,7-12H2,1H3;9H,7-8H2,1-4H3;2*1H2/b15-14+,21-11+;2*14-6+;;;/t20-,22-,23+,24-,26+,28?;2*15-,16-,17+,18+,20?;9-;;/m0000../s1. The van der Waals surface area contributed by atoms with Gasteiger partial charge in [-0.3, -0.25) is 28.5 Å². The van der Waals surface area contributed by atoms with Crippen molar-refractivity contribution >= 4 is 70.3 Å². The number of aliphatic hydroxyl groups is 1. The molecule has 0 bridgehead atoms. The van der Waals surface area contributed by atoms with Crippen molar-refractivity contribution in [2.24, 2.45) is 65.1 Å². The van der Waals surface area contributed by atoms with Crippen LogP contribution in [-0.4, -0.2) is 146 Å². The predicted octanol–water partition coefficient (Wildman–Crippen LogP) is 14.3. The van der Waals surface area contributed by atoms with Crippen molar-refractivity contribution in [2.75, 3.05) is 68.1 Å². The van der Waals surface area contributed by atoms with Gasteiger partial charge in [0.25, 0.3) is 0 Å². The number of hydrogen-bond donors (Lipinski definition) is 1. The zero-order chi connectivity index (χ0) is 70.8. The molecule has 9 fully saturated rings. The summed E-state index contributed by atoms with van der Waals surface area (Å²) in [4.78, 5) is 69.5. The number of aliphatic hydroxyl groups excluding tert-OH is 1. The summed E-state index contributed by atoms with van der Waals surface area (Å²) in [6, 6.07) is 0. The SMILES string of the molecule is CC#CC[C@H](C)C(=O)/C=C/[C@@H]1[C@H]2C/C(=C/CCCC(=O)OC)C[C@H]2C[C@H]1OC1CCCCO1.CC#CC[C@H](C)C(=O)CP(=O)(OC)OC.COC(=O)CCC/C=C1\C[C@H]2C[C@@H](OC3CCCCO3)[C@H](C=O)[C@H]2C1.COC(=O)CCC/C=C1\C[C@H]2C[C@@H](OC3CCCCO3)[C@H](CO)[C@H]2C1.S.S. The van der Waals surface area contributed by atoms with Gasteiger partial charge in [-0.05, 0) is 210 Å². The van der Waals surface area contributed by atoms with Crippen LogP contribution in [0.25, 0.3) is 0 Å². The average molecular weight is 1460 g/mol. The van der Waals surface area contributed by atoms with Gasteiger partial charge in [-0.15, -0.1) is 23.7 Å². The quantitative estimate of drug-likeness (QED) is 0.0103. The van der Waals surface area contributed by atoms with Gasteiger partial charge >= 0.3 is 25.5 Å². The van der Waals surface area contributed by atoms with Crippen LogP contribution < -0.4 is 0 Å². The molecule has 3 heterocycles. The summed E-state index contributed by atoms with van der Waals surface area (Å²) in [7, 11) is 3.62. The first kappa shape index (κ1) is 88.5. The van der Waals surface area contributed by atoms with Crippen LogP contribution in [0.2, 0.25) is 0 Å². The summed E-state index contributed by atoms with van der Waals surface area (Å²) in [5.74, 6) is 14.3. The van der Waals surface area contributed by atoms with Gasteiger partial charge in [0.1, 0.15) is 18.2 Å². The van der Waals surface area contributed by atoms with Crippen LogP contribution in [0, 0.1) is 88.8 Å². The number of fused-ring (bicyclic) bond motifs is 3. The number of allylic oxidation sites excluding steroid dienone is 7. The number of aldehydes is 1. The van der Waals surface area contributed by atoms with E-state index in [2.05, 4.69) is 66.5 Å². The highest BCUT2D eigenvalue weighted by Gasteiger charge is 2.50. The smallest absolute Gasteiger partial charge is 0.337 e. The molecule has 19 nitrogen and oxygen atoms in total. The van der Waals surface area contributed by atoms with Gasteiger partial charge in [-0.25, -0.2) is 0 Å². The highest BCUT2D eigenvalue weighted by atomic mass is 32.1. The van der Waals surface area contributed by atoms with Crippen molar-refractivity contribution in [1.29, 1.82) is 0 Å². The Bertz CT molecular complexity index is 2790. The number of hydrogen-bond acceptors (Lipinski definition) is 19. The molecule has 0 spiro atoms. The number of rotatable bonds is 30. The first-order valence-electron chi connectivity index (χ1n) is 36.8. The second-order valence-electron chi connectivity index (χ2n) is 28.2. The summed E-state index contributed by atoms with van der Waals surface area (Å²) in [6.07, 6.45) is 38.6. The Morgan fingerprint density at radius 3 is 1.33 bits per heavy atom. The van der Waals surface area contributed by atoms with Crippen molar-refractivity contribution in [1.82, 2.24) is 0 Å². The number of carbonyl (C=O) groups excluding carboxylic acids is 6. The Labute approximate surface area is 612 Å². The fraction of sp³-hybridized carbons (Fsp3) is 0.769. The van der Waals surface area contributed by atoms with E-state index in [1.54, 1.807) is 19.9 Å². The van der Waals surface area contributed by atoms with Crippen LogP contribution in [0.1, 0.15) is 214 Å². The van der Waals surface area contributed by atoms with Crippen molar-refractivity contribution in [3.63, 3.8) is 0 Å². The van der Waals surface area contributed by atoms with Crippen LogP contribution in [0.5, 0.6) is 0 Å². The van der Waals surface area contributed by atoms with E-state index in [9.17, 15) is 38.4 Å². The summed E-state index contributed by atoms with van der Waals surface area (Å²) in [6.45, 7) is 9.77. The number of ether oxygens (including phenoxy) is 9. The fourth-order valence-electron chi connectivity index (χ4n) is 15.8. The molecular weight excluding hydrogens is 1340 g/mol. The van der Waals surface area contributed by atoms with Crippen LogP contribution in [0.4, 0.5) is 0 Å². The molecule has 100 heavy (non-hydrogen) atoms. The molecule has 3 aliphatic heterocycles. The van der Waals surface area contributed by atoms with E-state index in [1.165, 1.54) is 58.7 Å². The summed E-state index contributed by atoms with van der Waals surface area (Å²) in [5.41, 5.74) is 4.42. The molecule has 0 aromatic rings. The largest absolute Gasteiger partial charge is 0.469 e. The van der Waals surface area contributed by atoms with Crippen molar-refractivity contribution in [3.8, 4) is 23.7 Å². The zero-order valence-electron chi connectivity index (χ0n) is 61.6. The molecule has 22 heteroatoms. The summed E-state index contributed by atoms with van der Waals surface area (Å²) >= 11 is 0. The van der Waals surface area contributed by atoms with Gasteiger partial charge in [0.05, 0.1) is 39.6 Å². The molecule has 1 N–H and O–H groups in total. The number of methoxy groups -OCH3 is 3. The maximum absolute atomic E-state index is 12.6. The van der Waals surface area contributed by atoms with E-state index in [4.69, 9.17) is 33.2 Å². The minimum absolute atomic E-state index is 0. The van der Waals surface area contributed by atoms with Crippen molar-refractivity contribution in [2.45, 2.75) is 251 Å². The molecule has 6 saturated carbocycles. The minimum atomic E-state index is -3.22. The minimum Gasteiger partial charge on any atom is -0.469 e. The lowest BCUT2D eigenvalue weighted by Crippen LogP contribution is -2.32. The van der Waals surface area contributed by atoms with E-state index in [0.717, 1.165) is 174 Å². The first-order valence-corrected chi connectivity index (χ1v) is 38.5. The molecular formula is C78H123O19PS2. The topological polar surface area (TPSA) is 241 Å². The van der Waals surface area contributed by atoms with Crippen molar-refractivity contribution < 1.29 is 90.1 Å². The first-order chi connectivity index (χ1) is 47.4. The Balaban J connectivity index is 0.000000290. The fourth-order valence-corrected chi connectivity index (χ4v) is 16.9. The lowest BCUT2D eigenvalue weighted by atomic mass is 9.89. The van der Waals surface area contributed by atoms with E-state index < -0.39 is 7.60 Å². The molecule has 17 atom stereocenters. The normalized spacial score (nSPS) is 30.5. The van der Waals surface area contributed by atoms with Crippen LogP contribution in [0.15, 0.2) is 47.1 Å². The molecule has 566 valence electrons. The molecule has 0 aromatic heterocycles. The lowest BCUT2D eigenvalue weighted by Gasteiger charge is -2.29. The molecule has 0 aromatic carbocycles. The number of unbranched alkanes of at least 4 members (excludes halogenated alkanes) is 3. The maximum Gasteiger partial charge on any atom is 0.337 e. The molecule has 9 rings (SSSR count). The number of ketones is 2. The molecule has 3 unspecified atom stereocenters. The Morgan fingerprint density at radius 1 is 0.550 bits per heavy atom. The van der Waals surface area contributed by atoms with Gasteiger partial charge in [-0.1, -0.05) is 54.9 Å². The lowest BCUT2D eigenvalue weighted by molar-refractivity contribution is -0.198. The average Bonchev–Trinajstić information content (AvgIpc) is 1.65. The third-order valence-corrected chi connectivity index (χ3v) is 23.3. The van der Waals surface area contributed by atoms with Crippen LogP contribution >= 0.6 is 34.6 Å². The van der Waals surface area contributed by atoms with Gasteiger partial charge < -0.3 is 61.6 Å². The summed E-state index contributed by atoms with van der Waals surface area (Å²) < 4.78 is 71.1. The Morgan fingerprint density at radius 2 is 0.940 bits per heavy atom. The molecule has 0 radical (unpaired) electrons. The number of Topliss-reactive ketones (excluding diaryl/α,β-unsaturated/α-hetero) is 1. The maximum atomic E-state index is 12.6. The van der Waals surface area contributed by atoms with Gasteiger partial charge in [-0.2, -0.15) is 27.0 Å². The summed E-state index contributed by atoms with van der Waals surface area (Å²) in [5, 5.41) is 9.91. The second kappa shape index (κ2) is 48.2. The van der Waals surface area contributed by atoms with Gasteiger partial charge in [0.2, 0.25) is 0 Å². The van der Waals surface area contributed by atoms with E-state index in [-0.39, 0.29) is 136 Å². The van der Waals surface area contributed by atoms with Crippen molar-refractivity contribution in [3.05, 3.63) is 47.1 Å². The third-order valence-electron chi connectivity index (χ3n) is 21.5. The molecule has 9 aliphatic rings. The van der Waals surface area contributed by atoms with Crippen LogP contribution in [-0.2, 0) is 85.0 Å². The zero-order valence-corrected chi connectivity index (χ0v) is 64.5. The molecule has 0 amide bonds. The Hall–Kier alpha value is -3.93. The molecule has 6 aliphatic carbocycles. The number of carbonyl (C=O) groups is 6. The van der Waals surface area contributed by atoms with Crippen LogP contribution in [0.3, 0.4) is 0 Å². The van der Waals surface area contributed by atoms with E-state index >= 15 is 0 Å². The highest BCUT2D eigenvalue weighted by Crippen LogP contribution is 2.54. The van der Waals surface area contributed by atoms with E-state index in [0.29, 0.717) is 67.6 Å². The second-order valence-corrected chi connectivity index (χ2v) is 30.4. The monoisotopic (exact) mass is 1460 g/mol. The third kappa shape index (κ3) is 29.2. The highest BCUT2D eigenvalue weighted by molar-refractivity contribution is 7.59. The van der Waals surface area contributed by atoms with Gasteiger partial charge in [0, 0.05) is 102 Å². The van der Waals surface area contributed by atoms with Gasteiger partial charge in [0.15, 0.2) is 24.7 Å². The van der Waals surface area contributed by atoms with E-state index in [1.807, 2.05) is 13.8 Å². The number of esters is 3. The Kier molecular flexibility index (Phi) is 42.7.